The van der Waals surface area contributed by atoms with Crippen LogP contribution < -0.4 is 10.6 Å². The first-order chi connectivity index (χ1) is 8.25. The Morgan fingerprint density at radius 1 is 1.41 bits per heavy atom. The Morgan fingerprint density at radius 3 is 3.12 bits per heavy atom. The molecule has 1 aliphatic heterocycles. The Hall–Kier alpha value is -1.62. The second kappa shape index (κ2) is 4.00. The highest BCUT2D eigenvalue weighted by atomic mass is 15.3. The fourth-order valence-corrected chi connectivity index (χ4v) is 2.59. The molecule has 3 heterocycles. The lowest BCUT2D eigenvalue weighted by atomic mass is 9.99. The van der Waals surface area contributed by atoms with Crippen LogP contribution in [0, 0.1) is 0 Å². The van der Waals surface area contributed by atoms with Crippen molar-refractivity contribution in [3.8, 4) is 0 Å². The minimum Gasteiger partial charge on any atom is -0.352 e. The third-order valence-corrected chi connectivity index (χ3v) is 3.49. The quantitative estimate of drug-likeness (QED) is 0.797. The lowest BCUT2D eigenvalue weighted by Gasteiger charge is -2.37. The van der Waals surface area contributed by atoms with E-state index >= 15 is 0 Å². The van der Waals surface area contributed by atoms with Crippen LogP contribution in [0.3, 0.4) is 0 Å². The molecule has 0 aromatic carbocycles. The summed E-state index contributed by atoms with van der Waals surface area (Å²) in [5.41, 5.74) is 7.06. The van der Waals surface area contributed by atoms with Crippen LogP contribution in [0.4, 0.5) is 5.82 Å². The molecule has 2 atom stereocenters. The Kier molecular flexibility index (Phi) is 2.48. The molecule has 2 N–H and O–H groups in total. The van der Waals surface area contributed by atoms with E-state index < -0.39 is 0 Å². The van der Waals surface area contributed by atoms with Gasteiger partial charge in [0.1, 0.15) is 5.52 Å². The fraction of sp³-hybridized carbons (Fsp3) is 0.500. The molecule has 2 aromatic heterocycles. The highest BCUT2D eigenvalue weighted by Gasteiger charge is 2.25. The molecule has 90 valence electrons. The van der Waals surface area contributed by atoms with Gasteiger partial charge in [0, 0.05) is 31.0 Å². The maximum Gasteiger partial charge on any atom is 0.154 e. The average Bonchev–Trinajstić information content (AvgIpc) is 2.77. The van der Waals surface area contributed by atoms with Crippen molar-refractivity contribution >= 4 is 11.3 Å². The number of anilines is 1. The van der Waals surface area contributed by atoms with Gasteiger partial charge in [0.2, 0.25) is 0 Å². The van der Waals surface area contributed by atoms with Gasteiger partial charge in [0.25, 0.3) is 0 Å². The van der Waals surface area contributed by atoms with Crippen molar-refractivity contribution in [2.75, 3.05) is 11.4 Å². The number of nitrogens with zero attached hydrogens (tertiary/aromatic N) is 4. The van der Waals surface area contributed by atoms with Crippen molar-refractivity contribution in [1.29, 1.82) is 0 Å². The monoisotopic (exact) mass is 231 g/mol. The van der Waals surface area contributed by atoms with Crippen LogP contribution >= 0.6 is 0 Å². The highest BCUT2D eigenvalue weighted by Crippen LogP contribution is 2.25. The number of hydrogen-bond acceptors (Lipinski definition) is 4. The van der Waals surface area contributed by atoms with Crippen molar-refractivity contribution in [3.05, 3.63) is 24.7 Å². The van der Waals surface area contributed by atoms with E-state index in [1.165, 1.54) is 0 Å². The average molecular weight is 231 g/mol. The molecule has 1 fully saturated rings. The summed E-state index contributed by atoms with van der Waals surface area (Å²) in [7, 11) is 0. The van der Waals surface area contributed by atoms with Crippen molar-refractivity contribution in [3.63, 3.8) is 0 Å². The summed E-state index contributed by atoms with van der Waals surface area (Å²) in [4.78, 5) is 6.84. The molecule has 5 nitrogen and oxygen atoms in total. The summed E-state index contributed by atoms with van der Waals surface area (Å²) in [6.45, 7) is 3.18. The van der Waals surface area contributed by atoms with E-state index in [0.717, 1.165) is 30.7 Å². The van der Waals surface area contributed by atoms with Gasteiger partial charge in [-0.3, -0.25) is 0 Å². The maximum absolute atomic E-state index is 5.99. The van der Waals surface area contributed by atoms with E-state index in [1.54, 1.807) is 12.4 Å². The molecule has 3 rings (SSSR count). The van der Waals surface area contributed by atoms with E-state index in [-0.39, 0.29) is 0 Å². The summed E-state index contributed by atoms with van der Waals surface area (Å²) in [6.07, 6.45) is 7.54. The third kappa shape index (κ3) is 1.76. The predicted molar refractivity (Wildman–Crippen MR) is 67.0 cm³/mol. The van der Waals surface area contributed by atoms with Gasteiger partial charge in [-0.15, -0.1) is 0 Å². The standard InChI is InChI=1S/C12H17N5/c1-9-8-10(13)3-6-16(9)12-11-2-4-15-17(11)7-5-14-12/h2,4-5,7,9-10H,3,6,8,13H2,1H3. The molecular formula is C12H17N5. The molecule has 2 unspecified atom stereocenters. The van der Waals surface area contributed by atoms with Gasteiger partial charge in [-0.1, -0.05) is 0 Å². The molecule has 0 amide bonds. The van der Waals surface area contributed by atoms with Crippen LogP contribution in [-0.2, 0) is 0 Å². The van der Waals surface area contributed by atoms with Crippen LogP contribution in [0.2, 0.25) is 0 Å². The molecular weight excluding hydrogens is 214 g/mol. The van der Waals surface area contributed by atoms with Gasteiger partial charge < -0.3 is 10.6 Å². The Labute approximate surface area is 100 Å². The molecule has 2 aromatic rings. The Balaban J connectivity index is 2.00. The lowest BCUT2D eigenvalue weighted by Crippen LogP contribution is -2.46. The van der Waals surface area contributed by atoms with E-state index in [1.807, 2.05) is 16.8 Å². The lowest BCUT2D eigenvalue weighted by molar-refractivity contribution is 0.427. The van der Waals surface area contributed by atoms with Crippen molar-refractivity contribution in [1.82, 2.24) is 14.6 Å². The van der Waals surface area contributed by atoms with Crippen LogP contribution in [-0.4, -0.2) is 33.2 Å². The zero-order valence-corrected chi connectivity index (χ0v) is 9.95. The smallest absolute Gasteiger partial charge is 0.154 e. The summed E-state index contributed by atoms with van der Waals surface area (Å²) in [5.74, 6) is 1.02. The predicted octanol–water partition coefficient (Wildman–Crippen LogP) is 1.05. The van der Waals surface area contributed by atoms with Crippen molar-refractivity contribution in [2.45, 2.75) is 31.8 Å². The molecule has 1 saturated heterocycles. The van der Waals surface area contributed by atoms with Gasteiger partial charge in [-0.05, 0) is 25.8 Å². The van der Waals surface area contributed by atoms with Crippen LogP contribution in [0.5, 0.6) is 0 Å². The summed E-state index contributed by atoms with van der Waals surface area (Å²) in [5, 5.41) is 4.24. The number of piperidine rings is 1. The SMILES string of the molecule is CC1CC(N)CCN1c1nccn2nccc12. The van der Waals surface area contributed by atoms with E-state index in [4.69, 9.17) is 5.73 Å². The second-order valence-corrected chi connectivity index (χ2v) is 4.74. The molecule has 0 bridgehead atoms. The minimum atomic E-state index is 0.325. The molecule has 5 heteroatoms. The topological polar surface area (TPSA) is 59.5 Å². The van der Waals surface area contributed by atoms with Gasteiger partial charge in [0.15, 0.2) is 5.82 Å². The van der Waals surface area contributed by atoms with E-state index in [2.05, 4.69) is 21.9 Å². The second-order valence-electron chi connectivity index (χ2n) is 4.74. The summed E-state index contributed by atoms with van der Waals surface area (Å²) < 4.78 is 1.86. The largest absolute Gasteiger partial charge is 0.352 e. The number of aromatic nitrogens is 3. The van der Waals surface area contributed by atoms with Gasteiger partial charge >= 0.3 is 0 Å². The first-order valence-corrected chi connectivity index (χ1v) is 6.06. The summed E-state index contributed by atoms with van der Waals surface area (Å²) >= 11 is 0. The van der Waals surface area contributed by atoms with Gasteiger partial charge in [0.05, 0.1) is 6.20 Å². The molecule has 0 aliphatic carbocycles. The third-order valence-electron chi connectivity index (χ3n) is 3.49. The first kappa shape index (κ1) is 10.5. The molecule has 0 spiro atoms. The molecule has 17 heavy (non-hydrogen) atoms. The fourth-order valence-electron chi connectivity index (χ4n) is 2.59. The van der Waals surface area contributed by atoms with Gasteiger partial charge in [-0.2, -0.15) is 5.10 Å². The summed E-state index contributed by atoms with van der Waals surface area (Å²) in [6, 6.07) is 2.77. The van der Waals surface area contributed by atoms with Crippen LogP contribution in [0.1, 0.15) is 19.8 Å². The highest BCUT2D eigenvalue weighted by molar-refractivity contribution is 5.68. The number of nitrogens with two attached hydrogens (primary N) is 1. The molecule has 0 saturated carbocycles. The number of hydrogen-bond donors (Lipinski definition) is 1. The van der Waals surface area contributed by atoms with Crippen LogP contribution in [0.15, 0.2) is 24.7 Å². The maximum atomic E-state index is 5.99. The zero-order valence-electron chi connectivity index (χ0n) is 9.95. The Morgan fingerprint density at radius 2 is 2.29 bits per heavy atom. The molecule has 0 radical (unpaired) electrons. The van der Waals surface area contributed by atoms with Crippen LogP contribution in [0.25, 0.3) is 5.52 Å². The van der Waals surface area contributed by atoms with Gasteiger partial charge in [-0.25, -0.2) is 9.50 Å². The van der Waals surface area contributed by atoms with E-state index in [0.29, 0.717) is 12.1 Å². The normalized spacial score (nSPS) is 25.4. The first-order valence-electron chi connectivity index (χ1n) is 6.06. The Bertz CT molecular complexity index is 520. The van der Waals surface area contributed by atoms with E-state index in [9.17, 15) is 0 Å². The van der Waals surface area contributed by atoms with Crippen molar-refractivity contribution < 1.29 is 0 Å². The molecule has 1 aliphatic rings. The number of rotatable bonds is 1. The number of fused-ring (bicyclic) bond motifs is 1. The minimum absolute atomic E-state index is 0.325. The van der Waals surface area contributed by atoms with Crippen molar-refractivity contribution in [2.24, 2.45) is 5.73 Å². The zero-order chi connectivity index (χ0) is 11.8.